The maximum atomic E-state index is 12.2. The Balaban J connectivity index is 1.74. The van der Waals surface area contributed by atoms with Crippen molar-refractivity contribution in [1.82, 2.24) is 9.29 Å². The molecule has 0 N–H and O–H groups in total. The Morgan fingerprint density at radius 3 is 2.48 bits per heavy atom. The molecule has 5 nitrogen and oxygen atoms in total. The number of aromatic nitrogens is 1. The first-order valence-corrected chi connectivity index (χ1v) is 8.24. The highest BCUT2D eigenvalue weighted by molar-refractivity contribution is 7.89. The van der Waals surface area contributed by atoms with Gasteiger partial charge in [-0.05, 0) is 18.1 Å². The van der Waals surface area contributed by atoms with E-state index < -0.39 is 10.0 Å². The van der Waals surface area contributed by atoms with Crippen LogP contribution in [0.3, 0.4) is 0 Å². The number of benzene rings is 1. The molecule has 0 saturated carbocycles. The van der Waals surface area contributed by atoms with Gasteiger partial charge in [-0.2, -0.15) is 4.31 Å². The van der Waals surface area contributed by atoms with E-state index in [4.69, 9.17) is 4.74 Å². The average molecular weight is 304 g/mol. The van der Waals surface area contributed by atoms with Crippen molar-refractivity contribution < 1.29 is 13.2 Å². The van der Waals surface area contributed by atoms with Gasteiger partial charge in [0, 0.05) is 19.2 Å². The predicted octanol–water partition coefficient (Wildman–Crippen LogP) is 2.06. The summed E-state index contributed by atoms with van der Waals surface area (Å²) in [6, 6.07) is 14.5. The lowest BCUT2D eigenvalue weighted by molar-refractivity contribution is 0.288. The highest BCUT2D eigenvalue weighted by atomic mass is 32.2. The number of sulfonamides is 1. The van der Waals surface area contributed by atoms with Crippen LogP contribution in [-0.2, 0) is 16.6 Å². The van der Waals surface area contributed by atoms with Crippen LogP contribution >= 0.6 is 0 Å². The fraction of sp³-hybridized carbons (Fsp3) is 0.267. The summed E-state index contributed by atoms with van der Waals surface area (Å²) < 4.78 is 31.5. The Morgan fingerprint density at radius 2 is 1.81 bits per heavy atom. The number of nitrogens with zero attached hydrogens (tertiary/aromatic N) is 2. The molecule has 110 valence electrons. The van der Waals surface area contributed by atoms with E-state index in [0.717, 1.165) is 12.0 Å². The molecule has 0 radical (unpaired) electrons. The summed E-state index contributed by atoms with van der Waals surface area (Å²) in [5.74, 6) is 0.320. The molecule has 6 heteroatoms. The second-order valence-corrected chi connectivity index (χ2v) is 6.73. The summed E-state index contributed by atoms with van der Waals surface area (Å²) in [6.45, 7) is 1.50. The van der Waals surface area contributed by atoms with Gasteiger partial charge in [0.2, 0.25) is 5.88 Å². The zero-order chi connectivity index (χ0) is 14.7. The molecule has 1 saturated heterocycles. The second-order valence-electron chi connectivity index (χ2n) is 4.85. The minimum atomic E-state index is -3.47. The Labute approximate surface area is 124 Å². The van der Waals surface area contributed by atoms with Crippen molar-refractivity contribution in [3.63, 3.8) is 0 Å². The molecule has 0 unspecified atom stereocenters. The Morgan fingerprint density at radius 1 is 1.05 bits per heavy atom. The van der Waals surface area contributed by atoms with Crippen molar-refractivity contribution in [3.05, 3.63) is 54.1 Å². The molecule has 2 aromatic rings. The standard InChI is InChI=1S/C15H16N2O3S/c18-21(19,17-10-5-11-17)15-9-4-8-14(16-15)20-12-13-6-2-1-3-7-13/h1-4,6-9H,5,10-12H2. The number of rotatable bonds is 5. The minimum absolute atomic E-state index is 0.0489. The third-order valence-electron chi connectivity index (χ3n) is 3.35. The van der Waals surface area contributed by atoms with Crippen LogP contribution in [0.15, 0.2) is 53.6 Å². The molecule has 1 aromatic carbocycles. The van der Waals surface area contributed by atoms with E-state index in [-0.39, 0.29) is 5.03 Å². The van der Waals surface area contributed by atoms with Crippen molar-refractivity contribution in [2.24, 2.45) is 0 Å². The van der Waals surface area contributed by atoms with Crippen LogP contribution in [-0.4, -0.2) is 30.8 Å². The van der Waals surface area contributed by atoms with Gasteiger partial charge in [-0.25, -0.2) is 13.4 Å². The van der Waals surface area contributed by atoms with E-state index >= 15 is 0 Å². The first-order chi connectivity index (χ1) is 10.2. The molecule has 3 rings (SSSR count). The summed E-state index contributed by atoms with van der Waals surface area (Å²) >= 11 is 0. The van der Waals surface area contributed by atoms with Crippen molar-refractivity contribution in [1.29, 1.82) is 0 Å². The van der Waals surface area contributed by atoms with E-state index in [0.29, 0.717) is 25.6 Å². The van der Waals surface area contributed by atoms with Crippen LogP contribution in [0.25, 0.3) is 0 Å². The zero-order valence-electron chi connectivity index (χ0n) is 11.5. The molecular formula is C15H16N2O3S. The average Bonchev–Trinajstić information content (AvgIpc) is 2.44. The Hall–Kier alpha value is -1.92. The van der Waals surface area contributed by atoms with E-state index in [2.05, 4.69) is 4.98 Å². The van der Waals surface area contributed by atoms with E-state index in [9.17, 15) is 8.42 Å². The van der Waals surface area contributed by atoms with E-state index in [1.807, 2.05) is 30.3 Å². The smallest absolute Gasteiger partial charge is 0.260 e. The van der Waals surface area contributed by atoms with Crippen LogP contribution in [0.5, 0.6) is 5.88 Å². The first kappa shape index (κ1) is 14.0. The van der Waals surface area contributed by atoms with Gasteiger partial charge >= 0.3 is 0 Å². The van der Waals surface area contributed by atoms with Crippen molar-refractivity contribution >= 4 is 10.0 Å². The molecule has 1 aliphatic heterocycles. The van der Waals surface area contributed by atoms with Gasteiger partial charge in [-0.3, -0.25) is 0 Å². The van der Waals surface area contributed by atoms with Crippen molar-refractivity contribution in [2.45, 2.75) is 18.1 Å². The number of ether oxygens (including phenoxy) is 1. The lowest BCUT2D eigenvalue weighted by Crippen LogP contribution is -2.42. The van der Waals surface area contributed by atoms with Crippen LogP contribution in [0, 0.1) is 0 Å². The number of hydrogen-bond donors (Lipinski definition) is 0. The first-order valence-electron chi connectivity index (χ1n) is 6.80. The molecule has 0 atom stereocenters. The highest BCUT2D eigenvalue weighted by Gasteiger charge is 2.30. The van der Waals surface area contributed by atoms with Crippen LogP contribution in [0.2, 0.25) is 0 Å². The van der Waals surface area contributed by atoms with Crippen LogP contribution in [0.4, 0.5) is 0 Å². The zero-order valence-corrected chi connectivity index (χ0v) is 12.3. The third-order valence-corrected chi connectivity index (χ3v) is 5.15. The molecule has 0 aliphatic carbocycles. The van der Waals surface area contributed by atoms with Crippen LogP contribution in [0.1, 0.15) is 12.0 Å². The SMILES string of the molecule is O=S(=O)(c1cccc(OCc2ccccc2)n1)N1CCC1. The quantitative estimate of drug-likeness (QED) is 0.848. The van der Waals surface area contributed by atoms with E-state index in [1.165, 1.54) is 10.4 Å². The fourth-order valence-electron chi connectivity index (χ4n) is 2.01. The maximum Gasteiger partial charge on any atom is 0.260 e. The molecule has 1 aromatic heterocycles. The second kappa shape index (κ2) is 5.83. The number of hydrogen-bond acceptors (Lipinski definition) is 4. The third kappa shape index (κ3) is 3.06. The van der Waals surface area contributed by atoms with Gasteiger partial charge in [-0.15, -0.1) is 0 Å². The normalized spacial score (nSPS) is 15.4. The van der Waals surface area contributed by atoms with Gasteiger partial charge in [0.25, 0.3) is 10.0 Å². The van der Waals surface area contributed by atoms with Gasteiger partial charge in [0.15, 0.2) is 5.03 Å². The molecule has 0 spiro atoms. The van der Waals surface area contributed by atoms with Gasteiger partial charge in [0.05, 0.1) is 0 Å². The van der Waals surface area contributed by atoms with Gasteiger partial charge < -0.3 is 4.74 Å². The summed E-state index contributed by atoms with van der Waals surface area (Å²) in [7, 11) is -3.47. The topological polar surface area (TPSA) is 59.5 Å². The van der Waals surface area contributed by atoms with E-state index in [1.54, 1.807) is 12.1 Å². The molecule has 1 fully saturated rings. The highest BCUT2D eigenvalue weighted by Crippen LogP contribution is 2.21. The van der Waals surface area contributed by atoms with Gasteiger partial charge in [0.1, 0.15) is 6.61 Å². The largest absolute Gasteiger partial charge is 0.473 e. The molecule has 0 amide bonds. The molecule has 1 aliphatic rings. The van der Waals surface area contributed by atoms with Crippen LogP contribution < -0.4 is 4.74 Å². The lowest BCUT2D eigenvalue weighted by Gasteiger charge is -2.29. The summed E-state index contributed by atoms with van der Waals surface area (Å²) in [5, 5.41) is 0.0489. The summed E-state index contributed by atoms with van der Waals surface area (Å²) in [4.78, 5) is 4.11. The minimum Gasteiger partial charge on any atom is -0.473 e. The molecule has 2 heterocycles. The lowest BCUT2D eigenvalue weighted by atomic mass is 10.2. The molecule has 0 bridgehead atoms. The predicted molar refractivity (Wildman–Crippen MR) is 78.4 cm³/mol. The summed E-state index contributed by atoms with van der Waals surface area (Å²) in [5.41, 5.74) is 1.01. The van der Waals surface area contributed by atoms with Crippen molar-refractivity contribution in [2.75, 3.05) is 13.1 Å². The molecular weight excluding hydrogens is 288 g/mol. The maximum absolute atomic E-state index is 12.2. The monoisotopic (exact) mass is 304 g/mol. The fourth-order valence-corrected chi connectivity index (χ4v) is 3.47. The summed E-state index contributed by atoms with van der Waals surface area (Å²) in [6.07, 6.45) is 0.906. The molecule has 21 heavy (non-hydrogen) atoms. The Kier molecular flexibility index (Phi) is 3.90. The van der Waals surface area contributed by atoms with Crippen molar-refractivity contribution in [3.8, 4) is 5.88 Å². The Bertz CT molecular complexity index is 713. The number of pyridine rings is 1. The van der Waals surface area contributed by atoms with Gasteiger partial charge in [-0.1, -0.05) is 36.4 Å².